The molecular weight excluding hydrogens is 492 g/mol. The minimum atomic E-state index is -0.0463. The van der Waals surface area contributed by atoms with Gasteiger partial charge in [0.2, 0.25) is 11.8 Å². The molecule has 0 aliphatic carbocycles. The van der Waals surface area contributed by atoms with E-state index in [0.29, 0.717) is 32.7 Å². The Bertz CT molecular complexity index is 1390. The van der Waals surface area contributed by atoms with Gasteiger partial charge in [-0.05, 0) is 36.4 Å². The van der Waals surface area contributed by atoms with Crippen LogP contribution in [0.4, 0.5) is 11.5 Å². The molecule has 39 heavy (non-hydrogen) atoms. The maximum Gasteiger partial charge on any atom is 0.318 e. The van der Waals surface area contributed by atoms with Crippen molar-refractivity contribution in [1.29, 1.82) is 0 Å². The Labute approximate surface area is 229 Å². The highest BCUT2D eigenvalue weighted by Crippen LogP contribution is 2.35. The molecule has 1 saturated heterocycles. The summed E-state index contributed by atoms with van der Waals surface area (Å²) in [5.41, 5.74) is 4.52. The Morgan fingerprint density at radius 2 is 1.77 bits per heavy atom. The fourth-order valence-electron chi connectivity index (χ4n) is 5.41. The zero-order valence-corrected chi connectivity index (χ0v) is 23.0. The van der Waals surface area contributed by atoms with E-state index in [2.05, 4.69) is 59.7 Å². The number of amides is 2. The lowest BCUT2D eigenvalue weighted by atomic mass is 9.99. The maximum atomic E-state index is 12.1. The van der Waals surface area contributed by atoms with Crippen LogP contribution in [0.3, 0.4) is 0 Å². The van der Waals surface area contributed by atoms with E-state index in [0.717, 1.165) is 30.0 Å². The number of fused-ring (bicyclic) bond motifs is 2. The van der Waals surface area contributed by atoms with E-state index in [4.69, 9.17) is 14.7 Å². The van der Waals surface area contributed by atoms with Crippen molar-refractivity contribution in [2.45, 2.75) is 26.3 Å². The molecule has 9 nitrogen and oxygen atoms in total. The van der Waals surface area contributed by atoms with Gasteiger partial charge < -0.3 is 24.3 Å². The SMILES string of the molecule is C=CC(=O)N1CCN(c2nc(OCCC(=O)N(C)C)nc3c2CCN(c2cccc4cccc(C)c24)C3)CC1. The molecule has 3 heterocycles. The Morgan fingerprint density at radius 3 is 2.49 bits per heavy atom. The van der Waals surface area contributed by atoms with Crippen molar-refractivity contribution in [3.8, 4) is 6.01 Å². The second-order valence-electron chi connectivity index (χ2n) is 10.3. The van der Waals surface area contributed by atoms with Crippen molar-refractivity contribution in [1.82, 2.24) is 19.8 Å². The molecule has 3 aromatic rings. The topological polar surface area (TPSA) is 82.1 Å². The number of aryl methyl sites for hydroxylation is 1. The predicted molar refractivity (Wildman–Crippen MR) is 153 cm³/mol. The first kappa shape index (κ1) is 26.5. The number of anilines is 2. The highest BCUT2D eigenvalue weighted by molar-refractivity contribution is 5.97. The molecule has 2 aromatic carbocycles. The molecule has 5 rings (SSSR count). The van der Waals surface area contributed by atoms with Gasteiger partial charge in [-0.3, -0.25) is 9.59 Å². The van der Waals surface area contributed by atoms with Crippen LogP contribution in [0.15, 0.2) is 49.1 Å². The van der Waals surface area contributed by atoms with E-state index in [1.807, 2.05) is 4.90 Å². The lowest BCUT2D eigenvalue weighted by molar-refractivity contribution is -0.129. The normalized spacial score (nSPS) is 15.2. The number of hydrogen-bond donors (Lipinski definition) is 0. The van der Waals surface area contributed by atoms with Crippen molar-refractivity contribution in [3.63, 3.8) is 0 Å². The van der Waals surface area contributed by atoms with Crippen LogP contribution in [-0.4, -0.2) is 85.0 Å². The second-order valence-corrected chi connectivity index (χ2v) is 10.3. The van der Waals surface area contributed by atoms with E-state index in [1.54, 1.807) is 19.0 Å². The van der Waals surface area contributed by atoms with Gasteiger partial charge in [-0.15, -0.1) is 0 Å². The molecule has 0 N–H and O–H groups in total. The van der Waals surface area contributed by atoms with Gasteiger partial charge in [-0.2, -0.15) is 9.97 Å². The third-order valence-corrected chi connectivity index (χ3v) is 7.57. The van der Waals surface area contributed by atoms with Gasteiger partial charge in [0.05, 0.1) is 18.7 Å². The predicted octanol–water partition coefficient (Wildman–Crippen LogP) is 3.19. The molecule has 9 heteroatoms. The smallest absolute Gasteiger partial charge is 0.318 e. The number of benzene rings is 2. The van der Waals surface area contributed by atoms with Crippen LogP contribution < -0.4 is 14.5 Å². The average Bonchev–Trinajstić information content (AvgIpc) is 2.96. The maximum absolute atomic E-state index is 12.1. The van der Waals surface area contributed by atoms with Crippen LogP contribution >= 0.6 is 0 Å². The van der Waals surface area contributed by atoms with Crippen molar-refractivity contribution >= 4 is 34.1 Å². The number of nitrogens with zero attached hydrogens (tertiary/aromatic N) is 6. The average molecular weight is 529 g/mol. The zero-order chi connectivity index (χ0) is 27.5. The minimum absolute atomic E-state index is 0.00584. The standard InChI is InChI=1S/C30H36N6O3/c1-5-26(37)34-15-17-35(18-16-34)29-23-12-14-36(25-11-7-10-22-9-6-8-21(2)28(22)25)20-24(23)31-30(32-29)39-19-13-27(38)33(3)4/h5-11H,1,12-20H2,2-4H3. The summed E-state index contributed by atoms with van der Waals surface area (Å²) in [5, 5.41) is 2.49. The van der Waals surface area contributed by atoms with Crippen molar-refractivity contribution in [2.24, 2.45) is 0 Å². The van der Waals surface area contributed by atoms with Gasteiger partial charge in [0.25, 0.3) is 0 Å². The summed E-state index contributed by atoms with van der Waals surface area (Å²) in [6.45, 7) is 10.0. The molecule has 0 bridgehead atoms. The molecule has 0 atom stereocenters. The lowest BCUT2D eigenvalue weighted by Crippen LogP contribution is -2.49. The highest BCUT2D eigenvalue weighted by atomic mass is 16.5. The summed E-state index contributed by atoms with van der Waals surface area (Å²) in [7, 11) is 3.46. The first-order valence-electron chi connectivity index (χ1n) is 13.5. The molecule has 0 saturated carbocycles. The van der Waals surface area contributed by atoms with E-state index in [-0.39, 0.29) is 30.9 Å². The number of rotatable bonds is 7. The summed E-state index contributed by atoms with van der Waals surface area (Å²) in [4.78, 5) is 41.8. The highest BCUT2D eigenvalue weighted by Gasteiger charge is 2.29. The minimum Gasteiger partial charge on any atom is -0.463 e. The molecule has 2 amide bonds. The lowest BCUT2D eigenvalue weighted by Gasteiger charge is -2.38. The Balaban J connectivity index is 1.45. The number of carbonyl (C=O) groups is 2. The number of hydrogen-bond acceptors (Lipinski definition) is 7. The third kappa shape index (κ3) is 5.53. The summed E-state index contributed by atoms with van der Waals surface area (Å²) in [6.07, 6.45) is 2.43. The first-order valence-corrected chi connectivity index (χ1v) is 13.5. The van der Waals surface area contributed by atoms with Crippen LogP contribution in [0, 0.1) is 6.92 Å². The molecule has 2 aliphatic rings. The van der Waals surface area contributed by atoms with Crippen LogP contribution in [0.1, 0.15) is 23.2 Å². The van der Waals surface area contributed by atoms with Crippen molar-refractivity contribution in [3.05, 3.63) is 65.9 Å². The van der Waals surface area contributed by atoms with Crippen molar-refractivity contribution < 1.29 is 14.3 Å². The van der Waals surface area contributed by atoms with Gasteiger partial charge in [-0.1, -0.05) is 36.9 Å². The van der Waals surface area contributed by atoms with E-state index >= 15 is 0 Å². The molecule has 1 aromatic heterocycles. The molecule has 0 unspecified atom stereocenters. The molecule has 0 radical (unpaired) electrons. The second kappa shape index (κ2) is 11.3. The van der Waals surface area contributed by atoms with Crippen LogP contribution in [0.2, 0.25) is 0 Å². The molecule has 1 fully saturated rings. The van der Waals surface area contributed by atoms with Gasteiger partial charge >= 0.3 is 6.01 Å². The Kier molecular flexibility index (Phi) is 7.67. The molecule has 204 valence electrons. The molecule has 2 aliphatic heterocycles. The van der Waals surface area contributed by atoms with E-state index in [9.17, 15) is 9.59 Å². The van der Waals surface area contributed by atoms with E-state index in [1.165, 1.54) is 28.1 Å². The third-order valence-electron chi connectivity index (χ3n) is 7.57. The van der Waals surface area contributed by atoms with Crippen LogP contribution in [0.5, 0.6) is 6.01 Å². The first-order chi connectivity index (χ1) is 18.9. The fourth-order valence-corrected chi connectivity index (χ4v) is 5.41. The number of piperazine rings is 1. The van der Waals surface area contributed by atoms with Gasteiger partial charge in [0.15, 0.2) is 0 Å². The number of aromatic nitrogens is 2. The summed E-state index contributed by atoms with van der Waals surface area (Å²) in [6, 6.07) is 13.1. The fraction of sp³-hybridized carbons (Fsp3) is 0.400. The van der Waals surface area contributed by atoms with E-state index < -0.39 is 0 Å². The van der Waals surface area contributed by atoms with Crippen LogP contribution in [0.25, 0.3) is 10.8 Å². The summed E-state index contributed by atoms with van der Waals surface area (Å²) in [5.74, 6) is 0.817. The summed E-state index contributed by atoms with van der Waals surface area (Å²) >= 11 is 0. The van der Waals surface area contributed by atoms with Gasteiger partial charge in [0, 0.05) is 63.5 Å². The zero-order valence-electron chi connectivity index (χ0n) is 23.0. The molecule has 0 spiro atoms. The van der Waals surface area contributed by atoms with Crippen molar-refractivity contribution in [2.75, 3.05) is 63.2 Å². The van der Waals surface area contributed by atoms with Crippen LogP contribution in [-0.2, 0) is 22.6 Å². The molecular formula is C30H36N6O3. The number of carbonyl (C=O) groups excluding carboxylic acids is 2. The van der Waals surface area contributed by atoms with Gasteiger partial charge in [-0.25, -0.2) is 0 Å². The largest absolute Gasteiger partial charge is 0.463 e. The van der Waals surface area contributed by atoms with Gasteiger partial charge in [0.1, 0.15) is 12.4 Å². The quantitative estimate of drug-likeness (QED) is 0.436. The Hall–Kier alpha value is -4.14. The monoisotopic (exact) mass is 528 g/mol. The summed E-state index contributed by atoms with van der Waals surface area (Å²) < 4.78 is 5.94. The number of ether oxygens (including phenoxy) is 1. The Morgan fingerprint density at radius 1 is 1.03 bits per heavy atom.